The van der Waals surface area contributed by atoms with Crippen LogP contribution in [0, 0.1) is 0 Å². The van der Waals surface area contributed by atoms with Crippen molar-refractivity contribution in [3.63, 3.8) is 0 Å². The third-order valence-corrected chi connectivity index (χ3v) is 3.49. The van der Waals surface area contributed by atoms with E-state index in [1.807, 2.05) is 0 Å². The van der Waals surface area contributed by atoms with Crippen molar-refractivity contribution in [2.75, 3.05) is 19.6 Å². The molecule has 12 nitrogen and oxygen atoms in total. The van der Waals surface area contributed by atoms with Crippen molar-refractivity contribution in [2.45, 2.75) is 57.2 Å². The molecule has 0 aromatic rings. The van der Waals surface area contributed by atoms with Crippen LogP contribution in [0.4, 0.5) is 0 Å². The second-order valence-corrected chi connectivity index (χ2v) is 6.02. The molecule has 12 heteroatoms. The molecule has 0 aromatic carbocycles. The zero-order valence-corrected chi connectivity index (χ0v) is 16.0. The first-order chi connectivity index (χ1) is 13.0. The average Bonchev–Trinajstić information content (AvgIpc) is 2.60. The predicted octanol–water partition coefficient (Wildman–Crippen LogP) is -1.52. The Morgan fingerprint density at radius 1 is 0.857 bits per heavy atom. The Labute approximate surface area is 163 Å². The number of nitrogens with two attached hydrogens (primary N) is 2. The molecular weight excluding hydrogens is 376 g/mol. The molecule has 3 unspecified atom stereocenters. The van der Waals surface area contributed by atoms with Gasteiger partial charge in [0.05, 0.1) is 12.8 Å². The van der Waals surface area contributed by atoms with Gasteiger partial charge in [-0.3, -0.25) is 19.2 Å². The number of nitrogens with one attached hydrogen (secondary N) is 2. The Morgan fingerprint density at radius 3 is 1.50 bits per heavy atom. The lowest BCUT2D eigenvalue weighted by molar-refractivity contribution is -0.146. The van der Waals surface area contributed by atoms with Crippen LogP contribution in [0.25, 0.3) is 0 Å². The molecule has 0 rings (SSSR count). The van der Waals surface area contributed by atoms with Crippen molar-refractivity contribution < 1.29 is 39.6 Å². The van der Waals surface area contributed by atoms with E-state index in [0.717, 1.165) is 6.42 Å². The van der Waals surface area contributed by atoms with Crippen LogP contribution >= 0.6 is 0 Å². The highest BCUT2D eigenvalue weighted by molar-refractivity contribution is 5.81. The van der Waals surface area contributed by atoms with Crippen molar-refractivity contribution in [3.05, 3.63) is 0 Å². The summed E-state index contributed by atoms with van der Waals surface area (Å²) >= 11 is 0. The van der Waals surface area contributed by atoms with Crippen molar-refractivity contribution in [3.8, 4) is 0 Å². The number of carbonyl (C=O) groups is 4. The van der Waals surface area contributed by atoms with Gasteiger partial charge in [0.2, 0.25) is 0 Å². The van der Waals surface area contributed by atoms with Gasteiger partial charge in [-0.05, 0) is 6.42 Å². The van der Waals surface area contributed by atoms with Crippen molar-refractivity contribution in [1.82, 2.24) is 10.6 Å². The predicted molar refractivity (Wildman–Crippen MR) is 99.9 cm³/mol. The maximum Gasteiger partial charge on any atom is 0.321 e. The highest BCUT2D eigenvalue weighted by atomic mass is 16.4. The number of hydrogen-bond donors (Lipinski definition) is 8. The fraction of sp³-hybridized carbons (Fsp3) is 0.750. The molecule has 0 aliphatic carbocycles. The molecule has 0 aromatic heterocycles. The lowest BCUT2D eigenvalue weighted by Gasteiger charge is -2.15. The van der Waals surface area contributed by atoms with E-state index in [1.165, 1.54) is 12.8 Å². The number of hydrogen-bond acceptors (Lipinski definition) is 8. The second-order valence-electron chi connectivity index (χ2n) is 6.02. The highest BCUT2D eigenvalue weighted by Crippen LogP contribution is 1.95. The first kappa shape index (κ1) is 27.9. The van der Waals surface area contributed by atoms with E-state index in [4.69, 9.17) is 31.9 Å². The molecule has 0 spiro atoms. The summed E-state index contributed by atoms with van der Waals surface area (Å²) in [6, 6.07) is -2.36. The van der Waals surface area contributed by atoms with Crippen LogP contribution in [-0.4, -0.2) is 82.1 Å². The van der Waals surface area contributed by atoms with Gasteiger partial charge in [0.25, 0.3) is 0 Å². The van der Waals surface area contributed by atoms with Gasteiger partial charge in [-0.1, -0.05) is 19.8 Å². The van der Waals surface area contributed by atoms with Crippen molar-refractivity contribution in [1.29, 1.82) is 0 Å². The van der Waals surface area contributed by atoms with E-state index >= 15 is 0 Å². The van der Waals surface area contributed by atoms with Gasteiger partial charge in [-0.15, -0.1) is 0 Å². The molecule has 0 radical (unpaired) electrons. The van der Waals surface area contributed by atoms with Crippen LogP contribution in [0.1, 0.15) is 39.0 Å². The molecule has 0 aliphatic heterocycles. The summed E-state index contributed by atoms with van der Waals surface area (Å²) in [5, 5.41) is 39.2. The molecule has 0 saturated heterocycles. The maximum atomic E-state index is 10.7. The fourth-order valence-electron chi connectivity index (χ4n) is 1.92. The number of rotatable bonds is 15. The molecule has 0 fully saturated rings. The maximum absolute atomic E-state index is 10.7. The molecular formula is C16H32N4O8. The third-order valence-electron chi connectivity index (χ3n) is 3.49. The Morgan fingerprint density at radius 2 is 1.25 bits per heavy atom. The van der Waals surface area contributed by atoms with E-state index in [0.29, 0.717) is 6.54 Å². The van der Waals surface area contributed by atoms with E-state index in [2.05, 4.69) is 17.6 Å². The number of aliphatic carboxylic acids is 4. The Balaban J connectivity index is 0. The first-order valence-corrected chi connectivity index (χ1v) is 8.86. The van der Waals surface area contributed by atoms with Gasteiger partial charge < -0.3 is 42.5 Å². The van der Waals surface area contributed by atoms with Gasteiger partial charge in [0.1, 0.15) is 12.1 Å². The van der Waals surface area contributed by atoms with E-state index in [1.54, 1.807) is 0 Å². The lowest BCUT2D eigenvalue weighted by atomic mass is 10.1. The highest BCUT2D eigenvalue weighted by Gasteiger charge is 2.22. The fourth-order valence-corrected chi connectivity index (χ4v) is 1.92. The summed E-state index contributed by atoms with van der Waals surface area (Å²) in [4.78, 5) is 42.2. The lowest BCUT2D eigenvalue weighted by Crippen LogP contribution is -2.45. The van der Waals surface area contributed by atoms with E-state index < -0.39 is 48.8 Å². The molecule has 0 amide bonds. The van der Waals surface area contributed by atoms with Crippen LogP contribution < -0.4 is 22.1 Å². The summed E-state index contributed by atoms with van der Waals surface area (Å²) < 4.78 is 0. The minimum Gasteiger partial charge on any atom is -0.481 e. The van der Waals surface area contributed by atoms with Crippen molar-refractivity contribution >= 4 is 23.9 Å². The summed E-state index contributed by atoms with van der Waals surface area (Å²) in [7, 11) is 0. The summed E-state index contributed by atoms with van der Waals surface area (Å²) in [6.45, 7) is 2.74. The van der Waals surface area contributed by atoms with Crippen LogP contribution in [-0.2, 0) is 19.2 Å². The van der Waals surface area contributed by atoms with Gasteiger partial charge in [-0.25, -0.2) is 0 Å². The topological polar surface area (TPSA) is 225 Å². The zero-order valence-electron chi connectivity index (χ0n) is 16.0. The van der Waals surface area contributed by atoms with Gasteiger partial charge in [0, 0.05) is 25.7 Å². The van der Waals surface area contributed by atoms with Crippen LogP contribution in [0.15, 0.2) is 0 Å². The molecule has 3 atom stereocenters. The molecule has 0 saturated carbocycles. The largest absolute Gasteiger partial charge is 0.481 e. The third kappa shape index (κ3) is 17.1. The average molecular weight is 408 g/mol. The van der Waals surface area contributed by atoms with Gasteiger partial charge in [-0.2, -0.15) is 0 Å². The zero-order chi connectivity index (χ0) is 22.1. The van der Waals surface area contributed by atoms with Crippen LogP contribution in [0.3, 0.4) is 0 Å². The Bertz CT molecular complexity index is 453. The SMILES string of the molecule is CCCCC(N)CN.O=C(O)CC(NCCNC(CC(=O)O)C(=O)O)C(=O)O. The van der Waals surface area contributed by atoms with Crippen molar-refractivity contribution in [2.24, 2.45) is 11.5 Å². The van der Waals surface area contributed by atoms with Gasteiger partial charge in [0.15, 0.2) is 0 Å². The second kappa shape index (κ2) is 16.9. The molecule has 0 bridgehead atoms. The molecule has 10 N–H and O–H groups in total. The van der Waals surface area contributed by atoms with E-state index in [-0.39, 0.29) is 19.1 Å². The van der Waals surface area contributed by atoms with Gasteiger partial charge >= 0.3 is 23.9 Å². The molecule has 0 aliphatic rings. The number of carboxylic acid groups (broad SMARTS) is 4. The summed E-state index contributed by atoms with van der Waals surface area (Å²) in [5.74, 6) is -5.25. The normalized spacial score (nSPS) is 13.5. The Hall–Kier alpha value is -2.28. The summed E-state index contributed by atoms with van der Waals surface area (Å²) in [6.07, 6.45) is 2.26. The van der Waals surface area contributed by atoms with E-state index in [9.17, 15) is 19.2 Å². The quantitative estimate of drug-likeness (QED) is 0.145. The Kier molecular flexibility index (Phi) is 16.8. The van der Waals surface area contributed by atoms with Crippen LogP contribution in [0.2, 0.25) is 0 Å². The standard InChI is InChI=1S/C10H16N2O8.C6H16N2/c13-7(14)3-5(9(17)18)11-1-2-12-6(10(19)20)4-8(15)16;1-2-3-4-6(8)5-7/h5-6,11-12H,1-4H2,(H,13,14)(H,15,16)(H,17,18)(H,19,20);6H,2-5,7-8H2,1H3. The molecule has 0 heterocycles. The minimum atomic E-state index is -1.34. The minimum absolute atomic E-state index is 0.0202. The number of carboxylic acids is 4. The number of unbranched alkanes of at least 4 members (excludes halogenated alkanes) is 1. The first-order valence-electron chi connectivity index (χ1n) is 8.86. The monoisotopic (exact) mass is 408 g/mol. The van der Waals surface area contributed by atoms with Crippen LogP contribution in [0.5, 0.6) is 0 Å². The molecule has 28 heavy (non-hydrogen) atoms. The summed E-state index contributed by atoms with van der Waals surface area (Å²) in [5.41, 5.74) is 10.8. The molecule has 164 valence electrons. The smallest absolute Gasteiger partial charge is 0.321 e.